The zero-order valence-corrected chi connectivity index (χ0v) is 15.6. The molecular weight excluding hydrogens is 338 g/mol. The van der Waals surface area contributed by atoms with Gasteiger partial charge in [0.15, 0.2) is 23.5 Å². The molecule has 0 saturated heterocycles. The molecule has 2 aromatic rings. The highest BCUT2D eigenvalue weighted by molar-refractivity contribution is 6.00. The number of methoxy groups -OCH3 is 1. The number of aldehydes is 1. The highest BCUT2D eigenvalue weighted by Crippen LogP contribution is 2.37. The Morgan fingerprint density at radius 1 is 1.19 bits per heavy atom. The van der Waals surface area contributed by atoms with Crippen LogP contribution in [0.3, 0.4) is 0 Å². The SMILES string of the molecule is CCNC(=O)c1c(O)c(O)c(C=O)n1-c1ccc(OC)cc1.CN(C)C. The number of aromatic hydroxyl groups is 2. The van der Waals surface area contributed by atoms with Gasteiger partial charge in [0.1, 0.15) is 11.4 Å². The summed E-state index contributed by atoms with van der Waals surface area (Å²) >= 11 is 0. The van der Waals surface area contributed by atoms with Crippen molar-refractivity contribution in [2.75, 3.05) is 34.8 Å². The molecule has 8 nitrogen and oxygen atoms in total. The highest BCUT2D eigenvalue weighted by Gasteiger charge is 2.27. The largest absolute Gasteiger partial charge is 0.503 e. The van der Waals surface area contributed by atoms with Crippen molar-refractivity contribution in [3.8, 4) is 22.9 Å². The summed E-state index contributed by atoms with van der Waals surface area (Å²) in [5.74, 6) is -1.27. The fraction of sp³-hybridized carbons (Fsp3) is 0.333. The van der Waals surface area contributed by atoms with Crippen LogP contribution in [0.5, 0.6) is 17.2 Å². The second-order valence-electron chi connectivity index (χ2n) is 5.78. The van der Waals surface area contributed by atoms with Gasteiger partial charge in [-0.05, 0) is 52.3 Å². The second kappa shape index (κ2) is 9.47. The number of benzene rings is 1. The minimum Gasteiger partial charge on any atom is -0.503 e. The number of carbonyl (C=O) groups is 2. The summed E-state index contributed by atoms with van der Waals surface area (Å²) in [5, 5.41) is 22.4. The van der Waals surface area contributed by atoms with E-state index in [0.29, 0.717) is 24.3 Å². The number of hydrogen-bond acceptors (Lipinski definition) is 6. The molecule has 0 radical (unpaired) electrons. The van der Waals surface area contributed by atoms with Crippen LogP contribution in [0.4, 0.5) is 0 Å². The zero-order chi connectivity index (χ0) is 19.9. The summed E-state index contributed by atoms with van der Waals surface area (Å²) in [6.07, 6.45) is 0.377. The van der Waals surface area contributed by atoms with Gasteiger partial charge >= 0.3 is 0 Å². The number of amides is 1. The molecule has 1 amide bonds. The minimum atomic E-state index is -0.635. The Morgan fingerprint density at radius 2 is 1.73 bits per heavy atom. The molecule has 0 spiro atoms. The Morgan fingerprint density at radius 3 is 2.15 bits per heavy atom. The van der Waals surface area contributed by atoms with E-state index in [1.165, 1.54) is 11.7 Å². The van der Waals surface area contributed by atoms with Crippen LogP contribution < -0.4 is 10.1 Å². The van der Waals surface area contributed by atoms with Crippen LogP contribution in [0, 0.1) is 0 Å². The van der Waals surface area contributed by atoms with Crippen molar-refractivity contribution in [1.82, 2.24) is 14.8 Å². The van der Waals surface area contributed by atoms with Gasteiger partial charge in [0.2, 0.25) is 0 Å². The molecular formula is C18H25N3O5. The number of rotatable bonds is 5. The van der Waals surface area contributed by atoms with E-state index >= 15 is 0 Å². The van der Waals surface area contributed by atoms with Crippen LogP contribution in [-0.4, -0.2) is 66.7 Å². The summed E-state index contributed by atoms with van der Waals surface area (Å²) in [6, 6.07) is 6.49. The Bertz CT molecular complexity index is 748. The molecule has 0 aliphatic heterocycles. The van der Waals surface area contributed by atoms with Crippen molar-refractivity contribution in [3.05, 3.63) is 35.7 Å². The monoisotopic (exact) mass is 363 g/mol. The van der Waals surface area contributed by atoms with Crippen molar-refractivity contribution in [2.45, 2.75) is 6.92 Å². The first-order valence-electron chi connectivity index (χ1n) is 7.93. The summed E-state index contributed by atoms with van der Waals surface area (Å²) in [7, 11) is 7.51. The predicted molar refractivity (Wildman–Crippen MR) is 98.7 cm³/mol. The number of aromatic nitrogens is 1. The number of carbonyl (C=O) groups excluding carboxylic acids is 2. The third kappa shape index (κ3) is 4.76. The third-order valence-corrected chi connectivity index (χ3v) is 3.15. The zero-order valence-electron chi connectivity index (χ0n) is 15.6. The Kier molecular flexibility index (Phi) is 7.67. The highest BCUT2D eigenvalue weighted by atomic mass is 16.5. The molecule has 8 heteroatoms. The van der Waals surface area contributed by atoms with Crippen LogP contribution in [-0.2, 0) is 0 Å². The first-order chi connectivity index (χ1) is 12.3. The summed E-state index contributed by atoms with van der Waals surface area (Å²) in [6.45, 7) is 2.05. The van der Waals surface area contributed by atoms with Crippen LogP contribution in [0.15, 0.2) is 24.3 Å². The molecule has 142 valence electrons. The van der Waals surface area contributed by atoms with E-state index in [9.17, 15) is 19.8 Å². The van der Waals surface area contributed by atoms with Crippen molar-refractivity contribution in [3.63, 3.8) is 0 Å². The lowest BCUT2D eigenvalue weighted by molar-refractivity contribution is 0.0946. The average molecular weight is 363 g/mol. The van der Waals surface area contributed by atoms with E-state index in [4.69, 9.17) is 4.74 Å². The molecule has 0 fully saturated rings. The van der Waals surface area contributed by atoms with Crippen molar-refractivity contribution in [2.24, 2.45) is 0 Å². The van der Waals surface area contributed by atoms with Gasteiger partial charge in [-0.3, -0.25) is 14.2 Å². The minimum absolute atomic E-state index is 0.202. The maximum atomic E-state index is 12.1. The van der Waals surface area contributed by atoms with E-state index in [0.717, 1.165) is 0 Å². The van der Waals surface area contributed by atoms with Gasteiger partial charge in [0.25, 0.3) is 5.91 Å². The van der Waals surface area contributed by atoms with Crippen LogP contribution in [0.25, 0.3) is 5.69 Å². The predicted octanol–water partition coefficient (Wildman–Crippen LogP) is 1.64. The first-order valence-corrected chi connectivity index (χ1v) is 7.93. The van der Waals surface area contributed by atoms with Crippen LogP contribution in [0.2, 0.25) is 0 Å². The molecule has 2 rings (SSSR count). The lowest BCUT2D eigenvalue weighted by Gasteiger charge is -2.11. The molecule has 26 heavy (non-hydrogen) atoms. The number of nitrogens with one attached hydrogen (secondary N) is 1. The van der Waals surface area contributed by atoms with E-state index in [2.05, 4.69) is 5.32 Å². The normalized spacial score (nSPS) is 10.1. The molecule has 1 aromatic carbocycles. The lowest BCUT2D eigenvalue weighted by Crippen LogP contribution is -2.25. The van der Waals surface area contributed by atoms with Gasteiger partial charge in [-0.1, -0.05) is 0 Å². The van der Waals surface area contributed by atoms with Gasteiger partial charge < -0.3 is 25.2 Å². The molecule has 0 aliphatic carbocycles. The van der Waals surface area contributed by atoms with Gasteiger partial charge in [-0.15, -0.1) is 0 Å². The molecule has 0 unspecified atom stereocenters. The second-order valence-corrected chi connectivity index (χ2v) is 5.78. The fourth-order valence-corrected chi connectivity index (χ4v) is 2.13. The average Bonchev–Trinajstić information content (AvgIpc) is 2.85. The fourth-order valence-electron chi connectivity index (χ4n) is 2.13. The van der Waals surface area contributed by atoms with Crippen LogP contribution >= 0.6 is 0 Å². The van der Waals surface area contributed by atoms with Gasteiger partial charge in [0, 0.05) is 12.2 Å². The maximum absolute atomic E-state index is 12.1. The third-order valence-electron chi connectivity index (χ3n) is 3.15. The number of hydrogen-bond donors (Lipinski definition) is 3. The Labute approximate surface area is 152 Å². The van der Waals surface area contributed by atoms with Crippen LogP contribution in [0.1, 0.15) is 27.9 Å². The molecule has 0 saturated carbocycles. The van der Waals surface area contributed by atoms with E-state index in [1.807, 2.05) is 26.0 Å². The molecule has 1 heterocycles. The van der Waals surface area contributed by atoms with Crippen molar-refractivity contribution < 1.29 is 24.5 Å². The number of nitrogens with zero attached hydrogens (tertiary/aromatic N) is 2. The molecule has 3 N–H and O–H groups in total. The Hall–Kier alpha value is -3.00. The molecule has 1 aromatic heterocycles. The number of ether oxygens (including phenoxy) is 1. The molecule has 0 atom stereocenters. The van der Waals surface area contributed by atoms with Crippen molar-refractivity contribution >= 4 is 12.2 Å². The van der Waals surface area contributed by atoms with Gasteiger partial charge in [0.05, 0.1) is 7.11 Å². The van der Waals surface area contributed by atoms with Gasteiger partial charge in [-0.2, -0.15) is 0 Å². The maximum Gasteiger partial charge on any atom is 0.272 e. The van der Waals surface area contributed by atoms with E-state index in [-0.39, 0.29) is 11.4 Å². The first kappa shape index (κ1) is 21.0. The standard InChI is InChI=1S/C15H16N2O5.C3H9N/c1-3-16-15(21)12-14(20)13(19)11(8-18)17(12)9-4-6-10(22-2)7-5-9;1-4(2)3/h4-8,19-20H,3H2,1-2H3,(H,16,21);1-3H3. The molecule has 0 bridgehead atoms. The van der Waals surface area contributed by atoms with Gasteiger partial charge in [-0.25, -0.2) is 0 Å². The van der Waals surface area contributed by atoms with E-state index < -0.39 is 17.4 Å². The van der Waals surface area contributed by atoms with E-state index in [1.54, 1.807) is 31.2 Å². The Balaban J connectivity index is 0.000000765. The molecule has 0 aliphatic rings. The lowest BCUT2D eigenvalue weighted by atomic mass is 10.2. The quantitative estimate of drug-likeness (QED) is 0.698. The topological polar surface area (TPSA) is 104 Å². The summed E-state index contributed by atoms with van der Waals surface area (Å²) in [4.78, 5) is 25.4. The smallest absolute Gasteiger partial charge is 0.272 e. The summed E-state index contributed by atoms with van der Waals surface area (Å²) in [5.41, 5.74) is 0.0234. The van der Waals surface area contributed by atoms with Crippen molar-refractivity contribution in [1.29, 1.82) is 0 Å². The summed E-state index contributed by atoms with van der Waals surface area (Å²) < 4.78 is 6.25.